The summed E-state index contributed by atoms with van der Waals surface area (Å²) in [7, 11) is -9.82. The molecule has 0 bridgehead atoms. The highest BCUT2D eigenvalue weighted by atomic mass is 31.2. The molecule has 0 radical (unpaired) electrons. The van der Waals surface area contributed by atoms with Crippen LogP contribution in [0.4, 0.5) is 0 Å². The van der Waals surface area contributed by atoms with E-state index < -0.39 is 91.5 Å². The third kappa shape index (κ3) is 95.2. The molecular formula is C103H174O16P2. The van der Waals surface area contributed by atoms with E-state index in [2.05, 4.69) is 203 Å². The van der Waals surface area contributed by atoms with Gasteiger partial charge in [-0.25, -0.2) is 9.13 Å². The lowest BCUT2D eigenvalue weighted by Crippen LogP contribution is -2.30. The van der Waals surface area contributed by atoms with E-state index in [1.54, 1.807) is 0 Å². The quantitative estimate of drug-likeness (QED) is 0.0146. The van der Waals surface area contributed by atoms with E-state index in [-0.39, 0.29) is 19.3 Å². The summed E-state index contributed by atoms with van der Waals surface area (Å²) in [6, 6.07) is 0. The molecule has 0 spiro atoms. The summed E-state index contributed by atoms with van der Waals surface area (Å²) >= 11 is 0. The summed E-state index contributed by atoms with van der Waals surface area (Å²) < 4.78 is 61.6. The zero-order chi connectivity index (χ0) is 87.9. The van der Waals surface area contributed by atoms with Gasteiger partial charge >= 0.3 is 33.6 Å². The van der Waals surface area contributed by atoms with Crippen LogP contribution in [-0.4, -0.2) is 95.9 Å². The van der Waals surface area contributed by atoms with E-state index in [4.69, 9.17) is 32.3 Å². The van der Waals surface area contributed by atoms with Crippen molar-refractivity contribution in [1.29, 1.82) is 0 Å². The van der Waals surface area contributed by atoms with Gasteiger partial charge in [-0.3, -0.25) is 32.5 Å². The van der Waals surface area contributed by atoms with Crippen LogP contribution in [0.15, 0.2) is 182 Å². The molecule has 18 heteroatoms. The van der Waals surface area contributed by atoms with Crippen LogP contribution in [0.1, 0.15) is 393 Å². The lowest BCUT2D eigenvalue weighted by Gasteiger charge is -2.21. The molecule has 0 aromatic rings. The van der Waals surface area contributed by atoms with Crippen molar-refractivity contribution in [3.05, 3.63) is 182 Å². The summed E-state index contributed by atoms with van der Waals surface area (Å²) in [5.41, 5.74) is 0. The number of hydrogen-bond acceptors (Lipinski definition) is 14. The Morgan fingerprint density at radius 2 is 0.413 bits per heavy atom. The maximum atomic E-state index is 13.1. The van der Waals surface area contributed by atoms with Crippen LogP contribution in [0.25, 0.3) is 0 Å². The first-order valence-corrected chi connectivity index (χ1v) is 51.1. The smallest absolute Gasteiger partial charge is 0.463 e. The Kier molecular flexibility index (Phi) is 89.6. The van der Waals surface area contributed by atoms with Crippen LogP contribution in [0, 0.1) is 0 Å². The molecule has 0 saturated carbocycles. The number of carbonyl (C=O) groups is 3. The molecule has 0 aliphatic rings. The zero-order valence-corrected chi connectivity index (χ0v) is 78.2. The van der Waals surface area contributed by atoms with Crippen LogP contribution >= 0.6 is 15.6 Å². The third-order valence-corrected chi connectivity index (χ3v) is 22.0. The molecule has 0 aromatic carbocycles. The lowest BCUT2D eigenvalue weighted by atomic mass is 10.0. The molecule has 692 valence electrons. The van der Waals surface area contributed by atoms with Crippen LogP contribution in [0.2, 0.25) is 0 Å². The SMILES string of the molecule is CC/C=C\C/C=C\C/C=C\C/C=C\C/C=C\CCCCCCCCCCCCCCCCCCCCCC(=O)OCC(O)COP(=O)(O)OCC(O)COP(=O)(O)OCC(COC(=O)CCCCCCCCCCCCC/C=C\C/C=C\C/C=C\C/C=C\C/C=C\CC)OC(=O)CCCCCCCCC/C=C\C/C=C\C/C=C\C/C=C\C/C=C\CC. The van der Waals surface area contributed by atoms with Gasteiger partial charge in [0.2, 0.25) is 0 Å². The van der Waals surface area contributed by atoms with Crippen molar-refractivity contribution in [3.63, 3.8) is 0 Å². The number of carbonyl (C=O) groups excluding carboxylic acids is 3. The molecule has 121 heavy (non-hydrogen) atoms. The van der Waals surface area contributed by atoms with Crippen molar-refractivity contribution < 1.29 is 75.8 Å². The second-order valence-corrected chi connectivity index (χ2v) is 34.6. The summed E-state index contributed by atoms with van der Waals surface area (Å²) in [6.45, 7) is 2.38. The first-order chi connectivity index (χ1) is 59.2. The molecule has 5 atom stereocenters. The fourth-order valence-corrected chi connectivity index (χ4v) is 14.5. The topological polar surface area (TPSA) is 231 Å². The molecule has 16 nitrogen and oxygen atoms in total. The fraction of sp³-hybridized carbons (Fsp3) is 0.680. The average molecular weight is 1730 g/mol. The van der Waals surface area contributed by atoms with Crippen LogP contribution in [-0.2, 0) is 55.8 Å². The second-order valence-electron chi connectivity index (χ2n) is 31.7. The largest absolute Gasteiger partial charge is 0.472 e. The molecule has 0 aliphatic heterocycles. The molecule has 0 rings (SSSR count). The molecule has 0 amide bonds. The van der Waals surface area contributed by atoms with Gasteiger partial charge in [-0.05, 0) is 154 Å². The number of ether oxygens (including phenoxy) is 3. The van der Waals surface area contributed by atoms with Gasteiger partial charge in [0.1, 0.15) is 25.4 Å². The normalized spacial score (nSPS) is 14.5. The second kappa shape index (κ2) is 93.8. The van der Waals surface area contributed by atoms with Crippen LogP contribution in [0.3, 0.4) is 0 Å². The first kappa shape index (κ1) is 116. The van der Waals surface area contributed by atoms with E-state index in [0.29, 0.717) is 19.3 Å². The Morgan fingerprint density at radius 1 is 0.231 bits per heavy atom. The molecule has 0 saturated heterocycles. The van der Waals surface area contributed by atoms with Crippen molar-refractivity contribution >= 4 is 33.6 Å². The van der Waals surface area contributed by atoms with Crippen molar-refractivity contribution in [3.8, 4) is 0 Å². The zero-order valence-electron chi connectivity index (χ0n) is 76.4. The molecule has 0 aliphatic carbocycles. The number of aliphatic hydroxyl groups excluding tert-OH is 2. The van der Waals surface area contributed by atoms with Gasteiger partial charge < -0.3 is 34.2 Å². The highest BCUT2D eigenvalue weighted by Crippen LogP contribution is 2.45. The Balaban J connectivity index is 4.56. The van der Waals surface area contributed by atoms with Crippen molar-refractivity contribution in [2.75, 3.05) is 39.6 Å². The van der Waals surface area contributed by atoms with Crippen molar-refractivity contribution in [1.82, 2.24) is 0 Å². The van der Waals surface area contributed by atoms with E-state index in [1.807, 2.05) is 0 Å². The van der Waals surface area contributed by atoms with Gasteiger partial charge in [0.25, 0.3) is 0 Å². The third-order valence-electron chi connectivity index (χ3n) is 20.1. The van der Waals surface area contributed by atoms with Gasteiger partial charge in [0, 0.05) is 19.3 Å². The van der Waals surface area contributed by atoms with Crippen LogP contribution in [0.5, 0.6) is 0 Å². The monoisotopic (exact) mass is 1730 g/mol. The van der Waals surface area contributed by atoms with Crippen molar-refractivity contribution in [2.24, 2.45) is 0 Å². The predicted octanol–water partition coefficient (Wildman–Crippen LogP) is 30.0. The molecular weight excluding hydrogens is 1560 g/mol. The van der Waals surface area contributed by atoms with Gasteiger partial charge in [0.05, 0.1) is 26.4 Å². The molecule has 5 unspecified atom stereocenters. The standard InChI is InChI=1S/C103H174O16P2/c1-4-7-10-13-16-19-22-25-28-31-34-37-40-42-44-45-46-47-48-49-50-51-53-55-57-59-62-65-68-71-74-77-80-83-86-89-101(106)113-92-98(104)93-115-120(109,110)116-94-99(105)95-117-121(111,112)118-97-100(119-103(108)91-88-85-82-79-76-73-70-67-64-61-56-39-36-33-30-27-24-21-18-15-12-9-6-3)96-114-102(107)90-87-84-81-78-75-72-69-66-63-60-58-54-52-43-41-38-35-32-29-26-23-20-17-14-11-8-5-2/h7-12,16-21,25-30,34-39,42-44,52,61,64,98-100,104-105H,4-6,13-15,22-24,31-33,40-41,45-51,53-60,62-63,65-97H2,1-3H3,(H,109,110)(H,111,112)/b10-7-,11-8-,12-9-,19-16-,20-17-,21-18-,28-25-,29-26-,30-27-,37-34-,38-35-,39-36-,44-42-,52-43-,64-61-. The Morgan fingerprint density at radius 3 is 0.653 bits per heavy atom. The van der Waals surface area contributed by atoms with Gasteiger partial charge in [0.15, 0.2) is 6.10 Å². The van der Waals surface area contributed by atoms with E-state index >= 15 is 0 Å². The summed E-state index contributed by atoms with van der Waals surface area (Å²) in [4.78, 5) is 59.1. The van der Waals surface area contributed by atoms with Crippen LogP contribution < -0.4 is 0 Å². The fourth-order valence-electron chi connectivity index (χ4n) is 12.9. The molecule has 0 aromatic heterocycles. The highest BCUT2D eigenvalue weighted by Gasteiger charge is 2.30. The Labute approximate surface area is 738 Å². The number of unbranched alkanes of at least 4 members (excludes halogenated alkanes) is 37. The average Bonchev–Trinajstić information content (AvgIpc) is 0.870. The molecule has 4 N–H and O–H groups in total. The highest BCUT2D eigenvalue weighted by molar-refractivity contribution is 7.47. The minimum absolute atomic E-state index is 0.0861. The van der Waals surface area contributed by atoms with E-state index in [1.165, 1.54) is 141 Å². The number of allylic oxidation sites excluding steroid dienone is 30. The lowest BCUT2D eigenvalue weighted by molar-refractivity contribution is -0.161. The minimum Gasteiger partial charge on any atom is -0.463 e. The maximum Gasteiger partial charge on any atom is 0.472 e. The van der Waals surface area contributed by atoms with E-state index in [9.17, 15) is 43.5 Å². The summed E-state index contributed by atoms with van der Waals surface area (Å²) in [5.74, 6) is -1.58. The van der Waals surface area contributed by atoms with Gasteiger partial charge in [-0.2, -0.15) is 0 Å². The Bertz CT molecular complexity index is 2930. The van der Waals surface area contributed by atoms with Crippen molar-refractivity contribution in [2.45, 2.75) is 411 Å². The van der Waals surface area contributed by atoms with E-state index in [0.717, 1.165) is 193 Å². The number of esters is 3. The predicted molar refractivity (Wildman–Crippen MR) is 509 cm³/mol. The summed E-state index contributed by atoms with van der Waals surface area (Å²) in [5, 5.41) is 20.8. The number of phosphoric acid groups is 2. The number of hydrogen-bond donors (Lipinski definition) is 4. The number of phosphoric ester groups is 2. The minimum atomic E-state index is -4.95. The number of rotatable bonds is 90. The summed E-state index contributed by atoms with van der Waals surface area (Å²) in [6.07, 6.45) is 124. The number of aliphatic hydroxyl groups is 2. The first-order valence-electron chi connectivity index (χ1n) is 48.1. The molecule has 0 fully saturated rings. The Hall–Kier alpha value is -5.35. The van der Waals surface area contributed by atoms with Gasteiger partial charge in [-0.15, -0.1) is 0 Å². The molecule has 0 heterocycles. The van der Waals surface area contributed by atoms with Gasteiger partial charge in [-0.1, -0.05) is 402 Å². The maximum absolute atomic E-state index is 13.1.